The second-order valence-electron chi connectivity index (χ2n) is 10.3. The number of nitrogens with zero attached hydrogens (tertiary/aromatic N) is 1. The summed E-state index contributed by atoms with van der Waals surface area (Å²) in [6.07, 6.45) is 4.33. The average Bonchev–Trinajstić information content (AvgIpc) is 2.87. The van der Waals surface area contributed by atoms with Crippen LogP contribution in [0.4, 0.5) is 4.79 Å². The molecule has 2 aromatic rings. The Morgan fingerprint density at radius 1 is 1.08 bits per heavy atom. The third-order valence-electron chi connectivity index (χ3n) is 6.74. The van der Waals surface area contributed by atoms with Crippen molar-refractivity contribution < 1.29 is 28.6 Å². The van der Waals surface area contributed by atoms with Crippen molar-refractivity contribution in [2.45, 2.75) is 72.6 Å². The maximum Gasteiger partial charge on any atom is 0.432 e. The van der Waals surface area contributed by atoms with Crippen LogP contribution in [0.3, 0.4) is 0 Å². The molecule has 8 heteroatoms. The molecule has 1 aromatic carbocycles. The van der Waals surface area contributed by atoms with E-state index in [-0.39, 0.29) is 23.1 Å². The van der Waals surface area contributed by atoms with Gasteiger partial charge in [-0.1, -0.05) is 46.8 Å². The highest BCUT2D eigenvalue weighted by atomic mass is 16.5. The number of benzene rings is 1. The predicted molar refractivity (Wildman–Crippen MR) is 148 cm³/mol. The number of unbranched alkanes of at least 4 members (excludes halogenated alkanes) is 1. The van der Waals surface area contributed by atoms with Crippen LogP contribution in [0, 0.1) is 17.8 Å². The highest BCUT2D eigenvalue weighted by Crippen LogP contribution is 2.28. The number of methoxy groups -OCH3 is 1. The molecule has 0 radical (unpaired) electrons. The van der Waals surface area contributed by atoms with Crippen LogP contribution in [0.2, 0.25) is 0 Å². The summed E-state index contributed by atoms with van der Waals surface area (Å²) < 4.78 is 15.6. The van der Waals surface area contributed by atoms with Gasteiger partial charge in [-0.2, -0.15) is 4.99 Å². The van der Waals surface area contributed by atoms with Gasteiger partial charge in [0.05, 0.1) is 13.7 Å². The van der Waals surface area contributed by atoms with E-state index in [9.17, 15) is 19.5 Å². The number of hydrogen-bond donors (Lipinski definition) is 1. The summed E-state index contributed by atoms with van der Waals surface area (Å²) in [5.74, 6) is 0.183. The van der Waals surface area contributed by atoms with Crippen LogP contribution in [0.15, 0.2) is 44.5 Å². The van der Waals surface area contributed by atoms with Gasteiger partial charge in [0.15, 0.2) is 5.78 Å². The Labute approximate surface area is 225 Å². The van der Waals surface area contributed by atoms with Gasteiger partial charge in [0, 0.05) is 24.1 Å². The highest BCUT2D eigenvalue weighted by molar-refractivity contribution is 5.99. The fourth-order valence-corrected chi connectivity index (χ4v) is 3.99. The van der Waals surface area contributed by atoms with E-state index < -0.39 is 23.4 Å². The first-order valence-electron chi connectivity index (χ1n) is 13.3. The number of amides is 1. The third-order valence-corrected chi connectivity index (χ3v) is 6.74. The number of ether oxygens (including phenoxy) is 2. The number of hydrogen-bond acceptors (Lipinski definition) is 7. The van der Waals surface area contributed by atoms with Crippen molar-refractivity contribution >= 4 is 18.1 Å². The van der Waals surface area contributed by atoms with Gasteiger partial charge < -0.3 is 19.0 Å². The number of rotatable bonds is 14. The lowest BCUT2D eigenvalue weighted by Crippen LogP contribution is -2.26. The zero-order chi connectivity index (χ0) is 28.2. The first-order chi connectivity index (χ1) is 18.0. The molecule has 1 amide bonds. The van der Waals surface area contributed by atoms with Gasteiger partial charge in [0.25, 0.3) is 0 Å². The number of Topliss-reactive ketones (excluding diaryl/α,β-unsaturated/α-hetero) is 1. The number of carbonyl (C=O) groups is 2. The van der Waals surface area contributed by atoms with E-state index >= 15 is 0 Å². The number of ketones is 1. The highest BCUT2D eigenvalue weighted by Gasteiger charge is 2.28. The summed E-state index contributed by atoms with van der Waals surface area (Å²) in [6, 6.07) is 9.20. The van der Waals surface area contributed by atoms with Crippen LogP contribution in [-0.2, 0) is 11.2 Å². The SMILES string of the molecule is COC(=O)N=CCCCC(C)c1cc(O)c(C(=O)C(C)C(C)Cc2ccc(OCCC(C)C)cc2)c(=O)o1. The van der Waals surface area contributed by atoms with Crippen LogP contribution in [0.25, 0.3) is 0 Å². The Morgan fingerprint density at radius 3 is 2.37 bits per heavy atom. The second-order valence-corrected chi connectivity index (χ2v) is 10.3. The van der Waals surface area contributed by atoms with E-state index in [1.165, 1.54) is 19.4 Å². The molecule has 1 N–H and O–H groups in total. The van der Waals surface area contributed by atoms with Gasteiger partial charge >= 0.3 is 11.7 Å². The summed E-state index contributed by atoms with van der Waals surface area (Å²) in [5.41, 5.74) is -0.0733. The van der Waals surface area contributed by atoms with Crippen molar-refractivity contribution in [3.63, 3.8) is 0 Å². The largest absolute Gasteiger partial charge is 0.507 e. The van der Waals surface area contributed by atoms with E-state index in [2.05, 4.69) is 23.6 Å². The molecule has 3 unspecified atom stereocenters. The minimum atomic E-state index is -0.828. The standard InChI is InChI=1S/C30H41NO7/c1-19(2)14-16-37-24-12-10-23(11-13-24)17-21(4)22(5)28(33)27-25(32)18-26(38-29(27)34)20(3)9-7-8-15-31-30(35)36-6/h10-13,15,18-22,32H,7-9,14,16-17H2,1-6H3. The molecule has 0 aliphatic rings. The maximum atomic E-state index is 13.2. The van der Waals surface area contributed by atoms with Gasteiger partial charge in [-0.25, -0.2) is 9.59 Å². The first-order valence-corrected chi connectivity index (χ1v) is 13.3. The Kier molecular flexibility index (Phi) is 12.2. The molecule has 0 saturated carbocycles. The van der Waals surface area contributed by atoms with Crippen molar-refractivity contribution in [1.82, 2.24) is 0 Å². The minimum Gasteiger partial charge on any atom is -0.507 e. The molecule has 208 valence electrons. The topological polar surface area (TPSA) is 115 Å². The van der Waals surface area contributed by atoms with Crippen LogP contribution in [0.1, 0.15) is 87.9 Å². The first kappa shape index (κ1) is 30.8. The molecule has 8 nitrogen and oxygen atoms in total. The lowest BCUT2D eigenvalue weighted by molar-refractivity contribution is 0.0885. The molecule has 1 aromatic heterocycles. The molecule has 3 atom stereocenters. The van der Waals surface area contributed by atoms with Crippen molar-refractivity contribution in [3.8, 4) is 11.5 Å². The van der Waals surface area contributed by atoms with E-state index in [4.69, 9.17) is 9.15 Å². The van der Waals surface area contributed by atoms with Gasteiger partial charge in [-0.3, -0.25) is 4.79 Å². The molecule has 0 saturated heterocycles. The Balaban J connectivity index is 1.98. The van der Waals surface area contributed by atoms with E-state index in [0.29, 0.717) is 44.0 Å². The summed E-state index contributed by atoms with van der Waals surface area (Å²) >= 11 is 0. The van der Waals surface area contributed by atoms with E-state index in [0.717, 1.165) is 17.7 Å². The van der Waals surface area contributed by atoms with E-state index in [1.54, 1.807) is 6.92 Å². The van der Waals surface area contributed by atoms with Gasteiger partial charge in [0.2, 0.25) is 0 Å². The third kappa shape index (κ3) is 9.47. The molecule has 2 rings (SSSR count). The monoisotopic (exact) mass is 527 g/mol. The Hall–Kier alpha value is -3.42. The lowest BCUT2D eigenvalue weighted by atomic mass is 9.84. The minimum absolute atomic E-state index is 0.0701. The number of aromatic hydroxyl groups is 1. The van der Waals surface area contributed by atoms with Crippen LogP contribution < -0.4 is 10.4 Å². The number of carbonyl (C=O) groups excluding carboxylic acids is 2. The van der Waals surface area contributed by atoms with Crippen molar-refractivity contribution in [2.24, 2.45) is 22.7 Å². The molecule has 1 heterocycles. The summed E-state index contributed by atoms with van der Waals surface area (Å²) in [4.78, 5) is 40.5. The Morgan fingerprint density at radius 2 is 1.76 bits per heavy atom. The van der Waals surface area contributed by atoms with Crippen molar-refractivity contribution in [2.75, 3.05) is 13.7 Å². The van der Waals surface area contributed by atoms with Gasteiger partial charge in [0.1, 0.15) is 22.8 Å². The predicted octanol–water partition coefficient (Wildman–Crippen LogP) is 6.58. The van der Waals surface area contributed by atoms with Gasteiger partial charge in [-0.05, 0) is 61.6 Å². The fraction of sp³-hybridized carbons (Fsp3) is 0.533. The zero-order valence-corrected chi connectivity index (χ0v) is 23.4. The fourth-order valence-electron chi connectivity index (χ4n) is 3.99. The lowest BCUT2D eigenvalue weighted by Gasteiger charge is -2.19. The summed E-state index contributed by atoms with van der Waals surface area (Å²) in [7, 11) is 1.26. The molecule has 0 aliphatic carbocycles. The second kappa shape index (κ2) is 15.1. The normalized spacial score (nSPS) is 13.9. The maximum absolute atomic E-state index is 13.2. The van der Waals surface area contributed by atoms with E-state index in [1.807, 2.05) is 38.1 Å². The number of aliphatic imine (C=N–C) groups is 1. The van der Waals surface area contributed by atoms with Gasteiger partial charge in [-0.15, -0.1) is 0 Å². The molecule has 0 bridgehead atoms. The van der Waals surface area contributed by atoms with Crippen LogP contribution in [-0.4, -0.2) is 36.9 Å². The molecule has 0 aliphatic heterocycles. The van der Waals surface area contributed by atoms with Crippen molar-refractivity contribution in [1.29, 1.82) is 0 Å². The molecule has 0 fully saturated rings. The molecule has 0 spiro atoms. The molecular formula is C30H41NO7. The summed E-state index contributed by atoms with van der Waals surface area (Å²) in [6.45, 7) is 10.6. The summed E-state index contributed by atoms with van der Waals surface area (Å²) in [5, 5.41) is 10.6. The van der Waals surface area contributed by atoms with Crippen LogP contribution in [0.5, 0.6) is 11.5 Å². The quantitative estimate of drug-likeness (QED) is 0.168. The Bertz CT molecular complexity index is 1130. The zero-order valence-electron chi connectivity index (χ0n) is 23.4. The smallest absolute Gasteiger partial charge is 0.432 e. The average molecular weight is 528 g/mol. The molecular weight excluding hydrogens is 486 g/mol. The van der Waals surface area contributed by atoms with Crippen molar-refractivity contribution in [3.05, 3.63) is 57.6 Å². The molecule has 38 heavy (non-hydrogen) atoms. The van der Waals surface area contributed by atoms with Crippen LogP contribution >= 0.6 is 0 Å².